The van der Waals surface area contributed by atoms with E-state index in [2.05, 4.69) is 0 Å². The van der Waals surface area contributed by atoms with E-state index in [4.69, 9.17) is 21.1 Å². The molecule has 4 rings (SSSR count). The summed E-state index contributed by atoms with van der Waals surface area (Å²) in [5, 5.41) is 0.726. The van der Waals surface area contributed by atoms with Crippen LogP contribution in [-0.2, 0) is 17.7 Å². The Hall–Kier alpha value is -2.04. The van der Waals surface area contributed by atoms with Crippen LogP contribution >= 0.6 is 11.6 Å². The number of ether oxygens (including phenoxy) is 2. The highest BCUT2D eigenvalue weighted by Gasteiger charge is 2.35. The number of hydrogen-bond donors (Lipinski definition) is 0. The molecule has 142 valence electrons. The molecular formula is C22H24ClNO3. The van der Waals surface area contributed by atoms with Crippen LogP contribution in [0, 0.1) is 6.92 Å². The molecule has 27 heavy (non-hydrogen) atoms. The van der Waals surface area contributed by atoms with Crippen molar-refractivity contribution >= 4 is 17.5 Å². The fourth-order valence-electron chi connectivity index (χ4n) is 4.01. The van der Waals surface area contributed by atoms with Gasteiger partial charge in [-0.05, 0) is 61.1 Å². The molecule has 2 aliphatic rings. The van der Waals surface area contributed by atoms with Crippen LogP contribution in [-0.4, -0.2) is 37.2 Å². The van der Waals surface area contributed by atoms with Gasteiger partial charge in [0.25, 0.3) is 5.91 Å². The largest absolute Gasteiger partial charge is 0.497 e. The van der Waals surface area contributed by atoms with E-state index in [1.54, 1.807) is 7.11 Å². The first kappa shape index (κ1) is 18.3. The zero-order valence-corrected chi connectivity index (χ0v) is 16.5. The van der Waals surface area contributed by atoms with Gasteiger partial charge in [0.15, 0.2) is 0 Å². The number of fused-ring (bicyclic) bond motifs is 1. The third-order valence-electron chi connectivity index (χ3n) is 5.67. The van der Waals surface area contributed by atoms with E-state index in [-0.39, 0.29) is 11.9 Å². The Balaban J connectivity index is 1.62. The first-order valence-electron chi connectivity index (χ1n) is 9.41. The Morgan fingerprint density at radius 1 is 1.30 bits per heavy atom. The van der Waals surface area contributed by atoms with Crippen LogP contribution in [0.3, 0.4) is 0 Å². The van der Waals surface area contributed by atoms with Gasteiger partial charge in [-0.3, -0.25) is 4.79 Å². The van der Waals surface area contributed by atoms with E-state index < -0.39 is 0 Å². The SMILES string of the molecule is COc1ccc(Cc2cc3c(c(Cl)c2C)CN(C2CCCOC2)C3=O)cc1. The average molecular weight is 386 g/mol. The standard InChI is InChI=1S/C22H24ClNO3/c1-14-16(10-15-5-7-18(26-2)8-6-15)11-19-20(21(14)23)12-24(22(19)25)17-4-3-9-27-13-17/h5-8,11,17H,3-4,9-10,12-13H2,1-2H3. The molecule has 2 heterocycles. The molecule has 0 saturated carbocycles. The third kappa shape index (κ3) is 3.44. The van der Waals surface area contributed by atoms with Gasteiger partial charge in [-0.2, -0.15) is 0 Å². The van der Waals surface area contributed by atoms with E-state index in [1.807, 2.05) is 42.2 Å². The summed E-state index contributed by atoms with van der Waals surface area (Å²) in [6.07, 6.45) is 2.73. The van der Waals surface area contributed by atoms with Gasteiger partial charge in [-0.1, -0.05) is 23.7 Å². The molecule has 0 aromatic heterocycles. The molecule has 2 aromatic rings. The van der Waals surface area contributed by atoms with Crippen LogP contribution < -0.4 is 4.74 Å². The molecule has 1 saturated heterocycles. The molecule has 0 aliphatic carbocycles. The van der Waals surface area contributed by atoms with Crippen molar-refractivity contribution in [3.63, 3.8) is 0 Å². The molecule has 1 fully saturated rings. The summed E-state index contributed by atoms with van der Waals surface area (Å²) in [6, 6.07) is 10.2. The van der Waals surface area contributed by atoms with Crippen molar-refractivity contribution in [2.45, 2.75) is 38.8 Å². The van der Waals surface area contributed by atoms with Crippen LogP contribution in [0.15, 0.2) is 30.3 Å². The van der Waals surface area contributed by atoms with Gasteiger partial charge in [-0.15, -0.1) is 0 Å². The molecule has 5 heteroatoms. The first-order chi connectivity index (χ1) is 13.1. The summed E-state index contributed by atoms with van der Waals surface area (Å²) in [6.45, 7) is 4.04. The lowest BCUT2D eigenvalue weighted by Gasteiger charge is -2.30. The number of rotatable bonds is 4. The summed E-state index contributed by atoms with van der Waals surface area (Å²) in [5.74, 6) is 0.918. The number of carbonyl (C=O) groups excluding carboxylic acids is 1. The molecule has 1 atom stereocenters. The zero-order valence-electron chi connectivity index (χ0n) is 15.8. The normalized spacial score (nSPS) is 19.3. The molecule has 0 N–H and O–H groups in total. The van der Waals surface area contributed by atoms with Gasteiger partial charge < -0.3 is 14.4 Å². The minimum absolute atomic E-state index is 0.0818. The van der Waals surface area contributed by atoms with Crippen molar-refractivity contribution < 1.29 is 14.3 Å². The lowest BCUT2D eigenvalue weighted by Crippen LogP contribution is -2.41. The second kappa shape index (κ2) is 7.53. The average Bonchev–Trinajstić information content (AvgIpc) is 3.04. The topological polar surface area (TPSA) is 38.8 Å². The highest BCUT2D eigenvalue weighted by Crippen LogP contribution is 2.36. The number of nitrogens with zero attached hydrogens (tertiary/aromatic N) is 1. The quantitative estimate of drug-likeness (QED) is 0.783. The molecule has 1 unspecified atom stereocenters. The maximum absolute atomic E-state index is 13.0. The number of amides is 1. The minimum Gasteiger partial charge on any atom is -0.497 e. The lowest BCUT2D eigenvalue weighted by atomic mass is 9.95. The van der Waals surface area contributed by atoms with E-state index in [9.17, 15) is 4.79 Å². The van der Waals surface area contributed by atoms with Gasteiger partial charge in [0.05, 0.1) is 19.8 Å². The van der Waals surface area contributed by atoms with Crippen molar-refractivity contribution in [3.05, 3.63) is 63.2 Å². The fraction of sp³-hybridized carbons (Fsp3) is 0.409. The maximum atomic E-state index is 13.0. The summed E-state index contributed by atoms with van der Waals surface area (Å²) in [5.41, 5.74) is 5.03. The Labute approximate surface area is 165 Å². The smallest absolute Gasteiger partial charge is 0.254 e. The second-order valence-electron chi connectivity index (χ2n) is 7.33. The van der Waals surface area contributed by atoms with Gasteiger partial charge in [0, 0.05) is 29.3 Å². The fourth-order valence-corrected chi connectivity index (χ4v) is 4.29. The number of benzene rings is 2. The predicted octanol–water partition coefficient (Wildman–Crippen LogP) is 4.38. The van der Waals surface area contributed by atoms with Crippen LogP contribution in [0.25, 0.3) is 0 Å². The first-order valence-corrected chi connectivity index (χ1v) is 9.78. The molecular weight excluding hydrogens is 362 g/mol. The van der Waals surface area contributed by atoms with Crippen molar-refractivity contribution in [1.82, 2.24) is 4.90 Å². The van der Waals surface area contributed by atoms with Crippen molar-refractivity contribution in [3.8, 4) is 5.75 Å². The van der Waals surface area contributed by atoms with E-state index in [1.165, 1.54) is 0 Å². The Bertz CT molecular complexity index is 857. The molecule has 2 aliphatic heterocycles. The van der Waals surface area contributed by atoms with Gasteiger partial charge >= 0.3 is 0 Å². The monoisotopic (exact) mass is 385 g/mol. The summed E-state index contributed by atoms with van der Waals surface area (Å²) < 4.78 is 10.8. The van der Waals surface area contributed by atoms with E-state index in [0.717, 1.165) is 64.5 Å². The summed E-state index contributed by atoms with van der Waals surface area (Å²) in [4.78, 5) is 15.0. The molecule has 4 nitrogen and oxygen atoms in total. The number of methoxy groups -OCH3 is 1. The third-order valence-corrected chi connectivity index (χ3v) is 6.18. The zero-order chi connectivity index (χ0) is 19.0. The number of halogens is 1. The van der Waals surface area contributed by atoms with Crippen LogP contribution in [0.4, 0.5) is 0 Å². The number of carbonyl (C=O) groups is 1. The van der Waals surface area contributed by atoms with Gasteiger partial charge in [0.1, 0.15) is 5.75 Å². The van der Waals surface area contributed by atoms with Gasteiger partial charge in [-0.25, -0.2) is 0 Å². The summed E-state index contributed by atoms with van der Waals surface area (Å²) >= 11 is 6.70. The molecule has 0 spiro atoms. The van der Waals surface area contributed by atoms with E-state index in [0.29, 0.717) is 13.2 Å². The maximum Gasteiger partial charge on any atom is 0.254 e. The van der Waals surface area contributed by atoms with Crippen LogP contribution in [0.1, 0.15) is 45.5 Å². The summed E-state index contributed by atoms with van der Waals surface area (Å²) in [7, 11) is 1.66. The Morgan fingerprint density at radius 2 is 2.07 bits per heavy atom. The lowest BCUT2D eigenvalue weighted by molar-refractivity contribution is 0.0179. The van der Waals surface area contributed by atoms with Crippen molar-refractivity contribution in [2.24, 2.45) is 0 Å². The second-order valence-corrected chi connectivity index (χ2v) is 7.71. The molecule has 0 bridgehead atoms. The van der Waals surface area contributed by atoms with Gasteiger partial charge in [0.2, 0.25) is 0 Å². The predicted molar refractivity (Wildman–Crippen MR) is 106 cm³/mol. The highest BCUT2D eigenvalue weighted by atomic mass is 35.5. The van der Waals surface area contributed by atoms with Crippen LogP contribution in [0.2, 0.25) is 5.02 Å². The Morgan fingerprint density at radius 3 is 2.74 bits per heavy atom. The molecule has 0 radical (unpaired) electrons. The molecule has 2 aromatic carbocycles. The Kier molecular flexibility index (Phi) is 5.11. The minimum atomic E-state index is 0.0818. The molecule has 1 amide bonds. The van der Waals surface area contributed by atoms with Crippen LogP contribution in [0.5, 0.6) is 5.75 Å². The number of hydrogen-bond acceptors (Lipinski definition) is 3. The highest BCUT2D eigenvalue weighted by molar-refractivity contribution is 6.33. The van der Waals surface area contributed by atoms with Crippen molar-refractivity contribution in [2.75, 3.05) is 20.3 Å². The van der Waals surface area contributed by atoms with E-state index >= 15 is 0 Å². The van der Waals surface area contributed by atoms with Crippen molar-refractivity contribution in [1.29, 1.82) is 0 Å².